The van der Waals surface area contributed by atoms with E-state index in [0.29, 0.717) is 16.4 Å². The molecule has 31 heavy (non-hydrogen) atoms. The van der Waals surface area contributed by atoms with Gasteiger partial charge in [0, 0.05) is 71.0 Å². The first-order valence-corrected chi connectivity index (χ1v) is 10.6. The number of nitrogens with one attached hydrogen (secondary N) is 1. The number of aromatic nitrogens is 2. The number of amides is 1. The number of nitrogens with zero attached hydrogens (tertiary/aromatic N) is 4. The molecule has 1 aliphatic heterocycles. The number of piperazine rings is 1. The lowest BCUT2D eigenvalue weighted by molar-refractivity contribution is 0.0664. The van der Waals surface area contributed by atoms with E-state index >= 15 is 0 Å². The highest BCUT2D eigenvalue weighted by atomic mass is 35.5. The van der Waals surface area contributed by atoms with Crippen LogP contribution in [0.25, 0.3) is 21.7 Å². The Morgan fingerprint density at radius 3 is 2.65 bits per heavy atom. The van der Waals surface area contributed by atoms with Crippen LogP contribution >= 0.6 is 11.6 Å². The van der Waals surface area contributed by atoms with Crippen LogP contribution in [0.15, 0.2) is 60.9 Å². The molecule has 0 bridgehead atoms. The summed E-state index contributed by atoms with van der Waals surface area (Å²) in [6, 6.07) is 15.2. The van der Waals surface area contributed by atoms with Crippen LogP contribution in [-0.2, 0) is 0 Å². The summed E-state index contributed by atoms with van der Waals surface area (Å²) in [4.78, 5) is 26.4. The zero-order chi connectivity index (χ0) is 21.4. The molecule has 2 aromatic carbocycles. The molecule has 0 aliphatic carbocycles. The monoisotopic (exact) mass is 431 g/mol. The lowest BCUT2D eigenvalue weighted by Gasteiger charge is -2.32. The van der Waals surface area contributed by atoms with Crippen molar-refractivity contribution in [3.05, 3.63) is 71.5 Å². The Kier molecular flexibility index (Phi) is 5.18. The summed E-state index contributed by atoms with van der Waals surface area (Å²) in [7, 11) is 2.08. The van der Waals surface area contributed by atoms with Gasteiger partial charge in [0.25, 0.3) is 5.91 Å². The predicted octanol–water partition coefficient (Wildman–Crippen LogP) is 4.57. The minimum Gasteiger partial charge on any atom is -0.340 e. The number of anilines is 2. The molecule has 0 saturated carbocycles. The van der Waals surface area contributed by atoms with Gasteiger partial charge in [-0.1, -0.05) is 23.7 Å². The van der Waals surface area contributed by atoms with Gasteiger partial charge in [0.1, 0.15) is 5.82 Å². The van der Waals surface area contributed by atoms with Crippen molar-refractivity contribution in [2.24, 2.45) is 0 Å². The van der Waals surface area contributed by atoms with Crippen LogP contribution in [0.2, 0.25) is 5.02 Å². The molecule has 7 heteroatoms. The average Bonchev–Trinajstić information content (AvgIpc) is 2.79. The van der Waals surface area contributed by atoms with Crippen LogP contribution in [0.5, 0.6) is 0 Å². The Morgan fingerprint density at radius 1 is 1.00 bits per heavy atom. The Bertz CT molecular complexity index is 1280. The van der Waals surface area contributed by atoms with Gasteiger partial charge in [-0.2, -0.15) is 0 Å². The van der Waals surface area contributed by atoms with Gasteiger partial charge < -0.3 is 15.1 Å². The molecule has 5 rings (SSSR count). The Hall–Kier alpha value is -3.22. The standard InChI is InChI=1S/C24H22ClN5O/c1-29-9-11-30(12-10-29)24(31)16-5-6-19-21-15-26-8-7-20(21)23(28-22(19)13-16)27-18-4-2-3-17(25)14-18/h2-8,13-15H,9-12H2,1H3,(H,27,28). The molecule has 3 heterocycles. The zero-order valence-electron chi connectivity index (χ0n) is 17.2. The molecule has 0 spiro atoms. The number of fused-ring (bicyclic) bond motifs is 3. The topological polar surface area (TPSA) is 61.4 Å². The third-order valence-electron chi connectivity index (χ3n) is 5.72. The Labute approximate surface area is 185 Å². The molecule has 1 saturated heterocycles. The van der Waals surface area contributed by atoms with E-state index in [1.54, 1.807) is 6.20 Å². The van der Waals surface area contributed by atoms with Gasteiger partial charge in [0.15, 0.2) is 0 Å². The van der Waals surface area contributed by atoms with Gasteiger partial charge >= 0.3 is 0 Å². The maximum atomic E-state index is 13.1. The van der Waals surface area contributed by atoms with E-state index in [0.717, 1.165) is 53.5 Å². The van der Waals surface area contributed by atoms with Crippen molar-refractivity contribution in [1.29, 1.82) is 0 Å². The molecule has 0 atom stereocenters. The predicted molar refractivity (Wildman–Crippen MR) is 125 cm³/mol. The molecule has 156 valence electrons. The lowest BCUT2D eigenvalue weighted by atomic mass is 10.0. The van der Waals surface area contributed by atoms with Gasteiger partial charge in [0.05, 0.1) is 5.52 Å². The number of benzene rings is 2. The average molecular weight is 432 g/mol. The van der Waals surface area contributed by atoms with Crippen LogP contribution in [0.4, 0.5) is 11.5 Å². The quantitative estimate of drug-likeness (QED) is 0.481. The molecule has 1 N–H and O–H groups in total. The summed E-state index contributed by atoms with van der Waals surface area (Å²) >= 11 is 6.15. The second kappa shape index (κ2) is 8.13. The summed E-state index contributed by atoms with van der Waals surface area (Å²) in [5.41, 5.74) is 2.26. The largest absolute Gasteiger partial charge is 0.340 e. The number of rotatable bonds is 3. The first kappa shape index (κ1) is 19.7. The number of likely N-dealkylation sites (N-methyl/N-ethyl adjacent to an activating group) is 1. The molecule has 1 fully saturated rings. The van der Waals surface area contributed by atoms with Gasteiger partial charge in [-0.3, -0.25) is 9.78 Å². The number of halogens is 1. The summed E-state index contributed by atoms with van der Waals surface area (Å²) in [6.07, 6.45) is 3.59. The number of hydrogen-bond donors (Lipinski definition) is 1. The van der Waals surface area contributed by atoms with E-state index in [2.05, 4.69) is 22.2 Å². The van der Waals surface area contributed by atoms with E-state index in [1.807, 2.05) is 59.6 Å². The molecule has 0 unspecified atom stereocenters. The van der Waals surface area contributed by atoms with Crippen molar-refractivity contribution in [1.82, 2.24) is 19.8 Å². The van der Waals surface area contributed by atoms with Crippen LogP contribution in [0.1, 0.15) is 10.4 Å². The summed E-state index contributed by atoms with van der Waals surface area (Å²) < 4.78 is 0. The van der Waals surface area contributed by atoms with Gasteiger partial charge in [-0.25, -0.2) is 4.98 Å². The normalized spacial score (nSPS) is 14.8. The highest BCUT2D eigenvalue weighted by Crippen LogP contribution is 2.31. The summed E-state index contributed by atoms with van der Waals surface area (Å²) in [5.74, 6) is 0.754. The van der Waals surface area contributed by atoms with Gasteiger partial charge in [-0.15, -0.1) is 0 Å². The van der Waals surface area contributed by atoms with E-state index in [1.165, 1.54) is 0 Å². The third-order valence-corrected chi connectivity index (χ3v) is 5.96. The van der Waals surface area contributed by atoms with E-state index in [-0.39, 0.29) is 5.91 Å². The van der Waals surface area contributed by atoms with Gasteiger partial charge in [0.2, 0.25) is 0 Å². The number of hydrogen-bond acceptors (Lipinski definition) is 5. The fourth-order valence-electron chi connectivity index (χ4n) is 3.97. The number of carbonyl (C=O) groups is 1. The Morgan fingerprint density at radius 2 is 1.84 bits per heavy atom. The number of pyridine rings is 2. The zero-order valence-corrected chi connectivity index (χ0v) is 17.9. The molecule has 4 aromatic rings. The van der Waals surface area contributed by atoms with Crippen LogP contribution in [-0.4, -0.2) is 58.9 Å². The number of carbonyl (C=O) groups excluding carboxylic acids is 1. The van der Waals surface area contributed by atoms with Gasteiger partial charge in [-0.05, 0) is 43.4 Å². The van der Waals surface area contributed by atoms with Crippen molar-refractivity contribution >= 4 is 50.7 Å². The summed E-state index contributed by atoms with van der Waals surface area (Å²) in [5, 5.41) is 6.93. The lowest BCUT2D eigenvalue weighted by Crippen LogP contribution is -2.47. The van der Waals surface area contributed by atoms with Crippen LogP contribution in [0, 0.1) is 0 Å². The van der Waals surface area contributed by atoms with E-state index in [9.17, 15) is 4.79 Å². The molecule has 0 radical (unpaired) electrons. The van der Waals surface area contributed by atoms with Crippen molar-refractivity contribution < 1.29 is 4.79 Å². The molecule has 1 aliphatic rings. The molecule has 2 aromatic heterocycles. The first-order valence-electron chi connectivity index (χ1n) is 10.3. The Balaban J connectivity index is 1.57. The van der Waals surface area contributed by atoms with Crippen molar-refractivity contribution in [3.63, 3.8) is 0 Å². The highest BCUT2D eigenvalue weighted by molar-refractivity contribution is 6.30. The van der Waals surface area contributed by atoms with Crippen LogP contribution < -0.4 is 5.32 Å². The first-order chi connectivity index (χ1) is 15.1. The molecular weight excluding hydrogens is 410 g/mol. The van der Waals surface area contributed by atoms with Crippen molar-refractivity contribution in [2.75, 3.05) is 38.5 Å². The second-order valence-corrected chi connectivity index (χ2v) is 8.28. The molecule has 1 amide bonds. The van der Waals surface area contributed by atoms with Crippen molar-refractivity contribution in [3.8, 4) is 0 Å². The molecular formula is C24H22ClN5O. The minimum absolute atomic E-state index is 0.0485. The molecule has 6 nitrogen and oxygen atoms in total. The van der Waals surface area contributed by atoms with Crippen LogP contribution in [0.3, 0.4) is 0 Å². The fourth-order valence-corrected chi connectivity index (χ4v) is 4.16. The fraction of sp³-hybridized carbons (Fsp3) is 0.208. The maximum absolute atomic E-state index is 13.1. The highest BCUT2D eigenvalue weighted by Gasteiger charge is 2.21. The maximum Gasteiger partial charge on any atom is 0.254 e. The smallest absolute Gasteiger partial charge is 0.254 e. The second-order valence-electron chi connectivity index (χ2n) is 7.84. The third kappa shape index (κ3) is 3.92. The van der Waals surface area contributed by atoms with E-state index in [4.69, 9.17) is 16.6 Å². The van der Waals surface area contributed by atoms with Crippen molar-refractivity contribution in [2.45, 2.75) is 0 Å². The van der Waals surface area contributed by atoms with E-state index < -0.39 is 0 Å². The minimum atomic E-state index is 0.0485. The SMILES string of the molecule is CN1CCN(C(=O)c2ccc3c(c2)nc(Nc2cccc(Cl)c2)c2ccncc23)CC1. The summed E-state index contributed by atoms with van der Waals surface area (Å²) in [6.45, 7) is 3.26.